The van der Waals surface area contributed by atoms with Crippen LogP contribution in [0.3, 0.4) is 0 Å². The van der Waals surface area contributed by atoms with Crippen LogP contribution in [0.1, 0.15) is 15.9 Å². The highest BCUT2D eigenvalue weighted by atomic mass is 16.5. The smallest absolute Gasteiger partial charge is 0.338 e. The Bertz CT molecular complexity index is 407. The third-order valence-corrected chi connectivity index (χ3v) is 3.26. The SMILES string of the molecule is COC(=O)c1ccccc1CC1(OC)CNC1. The molecule has 1 aliphatic heterocycles. The molecule has 0 amide bonds. The van der Waals surface area contributed by atoms with Gasteiger partial charge in [0.25, 0.3) is 0 Å². The highest BCUT2D eigenvalue weighted by molar-refractivity contribution is 5.91. The van der Waals surface area contributed by atoms with Crippen molar-refractivity contribution in [3.63, 3.8) is 0 Å². The fourth-order valence-electron chi connectivity index (χ4n) is 2.08. The van der Waals surface area contributed by atoms with Gasteiger partial charge in [0, 0.05) is 26.6 Å². The van der Waals surface area contributed by atoms with E-state index in [1.54, 1.807) is 13.2 Å². The van der Waals surface area contributed by atoms with Crippen LogP contribution < -0.4 is 5.32 Å². The number of nitrogens with one attached hydrogen (secondary N) is 1. The quantitative estimate of drug-likeness (QED) is 0.791. The van der Waals surface area contributed by atoms with Crippen LogP contribution in [0.4, 0.5) is 0 Å². The lowest BCUT2D eigenvalue weighted by atomic mass is 9.87. The molecule has 0 bridgehead atoms. The number of benzene rings is 1. The number of esters is 1. The molecular formula is C13H17NO3. The van der Waals surface area contributed by atoms with Crippen molar-refractivity contribution in [1.29, 1.82) is 0 Å². The van der Waals surface area contributed by atoms with E-state index in [9.17, 15) is 4.79 Å². The summed E-state index contributed by atoms with van der Waals surface area (Å²) >= 11 is 0. The molecule has 0 unspecified atom stereocenters. The summed E-state index contributed by atoms with van der Waals surface area (Å²) in [4.78, 5) is 11.6. The molecule has 0 saturated carbocycles. The van der Waals surface area contributed by atoms with Crippen LogP contribution in [0.25, 0.3) is 0 Å². The number of rotatable bonds is 4. The Balaban J connectivity index is 2.23. The number of hydrogen-bond acceptors (Lipinski definition) is 4. The number of carbonyl (C=O) groups is 1. The molecule has 1 heterocycles. The highest BCUT2D eigenvalue weighted by Crippen LogP contribution is 2.24. The summed E-state index contributed by atoms with van der Waals surface area (Å²) in [6.07, 6.45) is 0.724. The van der Waals surface area contributed by atoms with Gasteiger partial charge < -0.3 is 14.8 Å². The van der Waals surface area contributed by atoms with Crippen molar-refractivity contribution in [3.8, 4) is 0 Å². The van der Waals surface area contributed by atoms with E-state index < -0.39 is 0 Å². The van der Waals surface area contributed by atoms with Gasteiger partial charge in [-0.3, -0.25) is 0 Å². The number of hydrogen-bond donors (Lipinski definition) is 1. The molecule has 0 aromatic heterocycles. The maximum absolute atomic E-state index is 11.6. The maximum atomic E-state index is 11.6. The minimum absolute atomic E-state index is 0.176. The second-order valence-electron chi connectivity index (χ2n) is 4.32. The van der Waals surface area contributed by atoms with E-state index in [1.165, 1.54) is 7.11 Å². The van der Waals surface area contributed by atoms with E-state index in [4.69, 9.17) is 9.47 Å². The van der Waals surface area contributed by atoms with E-state index in [1.807, 2.05) is 18.2 Å². The second kappa shape index (κ2) is 4.85. The van der Waals surface area contributed by atoms with Crippen LogP contribution in [0.2, 0.25) is 0 Å². The Kier molecular flexibility index (Phi) is 3.45. The summed E-state index contributed by atoms with van der Waals surface area (Å²) in [5.41, 5.74) is 1.42. The van der Waals surface area contributed by atoms with Gasteiger partial charge in [-0.15, -0.1) is 0 Å². The third kappa shape index (κ3) is 2.33. The summed E-state index contributed by atoms with van der Waals surface area (Å²) < 4.78 is 10.3. The minimum atomic E-state index is -0.292. The van der Waals surface area contributed by atoms with Gasteiger partial charge in [0.2, 0.25) is 0 Å². The molecule has 0 radical (unpaired) electrons. The summed E-state index contributed by atoms with van der Waals surface area (Å²) in [7, 11) is 3.11. The summed E-state index contributed by atoms with van der Waals surface area (Å²) in [5.74, 6) is -0.292. The molecule has 1 aromatic carbocycles. The summed E-state index contributed by atoms with van der Waals surface area (Å²) in [5, 5.41) is 3.19. The fraction of sp³-hybridized carbons (Fsp3) is 0.462. The lowest BCUT2D eigenvalue weighted by Crippen LogP contribution is -2.62. The van der Waals surface area contributed by atoms with E-state index in [0.717, 1.165) is 25.1 Å². The van der Waals surface area contributed by atoms with Crippen molar-refractivity contribution in [1.82, 2.24) is 5.32 Å². The van der Waals surface area contributed by atoms with E-state index in [0.29, 0.717) is 5.56 Å². The number of ether oxygens (including phenoxy) is 2. The molecule has 2 rings (SSSR count). The first-order valence-corrected chi connectivity index (χ1v) is 5.63. The molecular weight excluding hydrogens is 218 g/mol. The molecule has 4 heteroatoms. The second-order valence-corrected chi connectivity index (χ2v) is 4.32. The third-order valence-electron chi connectivity index (χ3n) is 3.26. The van der Waals surface area contributed by atoms with Crippen LogP contribution in [0.15, 0.2) is 24.3 Å². The molecule has 4 nitrogen and oxygen atoms in total. The average Bonchev–Trinajstić information content (AvgIpc) is 2.33. The lowest BCUT2D eigenvalue weighted by Gasteiger charge is -2.41. The molecule has 0 spiro atoms. The van der Waals surface area contributed by atoms with Crippen molar-refractivity contribution in [2.24, 2.45) is 0 Å². The van der Waals surface area contributed by atoms with Crippen LogP contribution in [-0.4, -0.2) is 38.9 Å². The van der Waals surface area contributed by atoms with Crippen molar-refractivity contribution < 1.29 is 14.3 Å². The molecule has 1 aliphatic rings. The number of methoxy groups -OCH3 is 2. The first-order valence-electron chi connectivity index (χ1n) is 5.63. The molecule has 1 N–H and O–H groups in total. The largest absolute Gasteiger partial charge is 0.465 e. The lowest BCUT2D eigenvalue weighted by molar-refractivity contribution is -0.0503. The van der Waals surface area contributed by atoms with Gasteiger partial charge in [-0.1, -0.05) is 18.2 Å². The zero-order valence-electron chi connectivity index (χ0n) is 10.2. The van der Waals surface area contributed by atoms with Crippen LogP contribution >= 0.6 is 0 Å². The fourth-order valence-corrected chi connectivity index (χ4v) is 2.08. The molecule has 0 atom stereocenters. The normalized spacial score (nSPS) is 17.3. The Morgan fingerprint density at radius 1 is 1.35 bits per heavy atom. The van der Waals surface area contributed by atoms with Gasteiger partial charge in [-0.05, 0) is 11.6 Å². The van der Waals surface area contributed by atoms with Crippen molar-refractivity contribution in [3.05, 3.63) is 35.4 Å². The molecule has 17 heavy (non-hydrogen) atoms. The predicted octanol–water partition coefficient (Wildman–Crippen LogP) is 1.00. The standard InChI is InChI=1S/C13H17NO3/c1-16-12(15)11-6-4-3-5-10(11)7-13(17-2)8-14-9-13/h3-6,14H,7-9H2,1-2H3. The first-order chi connectivity index (χ1) is 8.21. The molecule has 1 saturated heterocycles. The predicted molar refractivity (Wildman–Crippen MR) is 64.1 cm³/mol. The van der Waals surface area contributed by atoms with E-state index in [-0.39, 0.29) is 11.6 Å². The van der Waals surface area contributed by atoms with E-state index in [2.05, 4.69) is 5.32 Å². The van der Waals surface area contributed by atoms with Gasteiger partial charge in [0.1, 0.15) is 0 Å². The minimum Gasteiger partial charge on any atom is -0.465 e. The zero-order chi connectivity index (χ0) is 12.3. The van der Waals surface area contributed by atoms with Crippen LogP contribution in [-0.2, 0) is 15.9 Å². The average molecular weight is 235 g/mol. The Hall–Kier alpha value is -1.39. The highest BCUT2D eigenvalue weighted by Gasteiger charge is 2.37. The maximum Gasteiger partial charge on any atom is 0.338 e. The van der Waals surface area contributed by atoms with Crippen LogP contribution in [0, 0.1) is 0 Å². The summed E-state index contributed by atoms with van der Waals surface area (Å²) in [6.45, 7) is 1.64. The molecule has 1 fully saturated rings. The van der Waals surface area contributed by atoms with Gasteiger partial charge in [0.05, 0.1) is 18.3 Å². The van der Waals surface area contributed by atoms with Gasteiger partial charge in [0.15, 0.2) is 0 Å². The van der Waals surface area contributed by atoms with Crippen molar-refractivity contribution in [2.75, 3.05) is 27.3 Å². The van der Waals surface area contributed by atoms with E-state index >= 15 is 0 Å². The summed E-state index contributed by atoms with van der Waals surface area (Å²) in [6, 6.07) is 7.51. The Labute approximate surface area is 101 Å². The zero-order valence-corrected chi connectivity index (χ0v) is 10.2. The van der Waals surface area contributed by atoms with Crippen molar-refractivity contribution in [2.45, 2.75) is 12.0 Å². The topological polar surface area (TPSA) is 47.6 Å². The molecule has 0 aliphatic carbocycles. The molecule has 92 valence electrons. The number of carbonyl (C=O) groups excluding carboxylic acids is 1. The van der Waals surface area contributed by atoms with Crippen LogP contribution in [0.5, 0.6) is 0 Å². The molecule has 1 aromatic rings. The monoisotopic (exact) mass is 235 g/mol. The van der Waals surface area contributed by atoms with Gasteiger partial charge in [-0.25, -0.2) is 4.79 Å². The van der Waals surface area contributed by atoms with Gasteiger partial charge in [-0.2, -0.15) is 0 Å². The van der Waals surface area contributed by atoms with Gasteiger partial charge >= 0.3 is 5.97 Å². The first kappa shape index (κ1) is 12.1. The Morgan fingerprint density at radius 3 is 2.59 bits per heavy atom. The Morgan fingerprint density at radius 2 is 2.06 bits per heavy atom. The van der Waals surface area contributed by atoms with Crippen molar-refractivity contribution >= 4 is 5.97 Å².